The third-order valence-corrected chi connectivity index (χ3v) is 4.55. The molecule has 0 unspecified atom stereocenters. The summed E-state index contributed by atoms with van der Waals surface area (Å²) in [6, 6.07) is 2.19. The van der Waals surface area contributed by atoms with Crippen molar-refractivity contribution in [1.82, 2.24) is 4.98 Å². The summed E-state index contributed by atoms with van der Waals surface area (Å²) in [6.45, 7) is 2.03. The molecule has 0 aliphatic heterocycles. The van der Waals surface area contributed by atoms with E-state index in [9.17, 15) is 18.5 Å². The van der Waals surface area contributed by atoms with Crippen LogP contribution in [0.25, 0.3) is 0 Å². The number of sulfone groups is 1. The van der Waals surface area contributed by atoms with Gasteiger partial charge in [-0.3, -0.25) is 10.1 Å². The molecule has 1 heterocycles. The standard InChI is InChI=1S/C11H15ClN2O4S/c1-2-3-4-5-8-19(17,18)10-7-6-9(14(15)16)11(12)13-10/h6-7H,2-5,8H2,1H3. The number of unbranched alkanes of at least 4 members (excludes halogenated alkanes) is 3. The first-order valence-electron chi connectivity index (χ1n) is 5.92. The molecule has 0 saturated heterocycles. The van der Waals surface area contributed by atoms with Gasteiger partial charge >= 0.3 is 5.69 Å². The van der Waals surface area contributed by atoms with Gasteiger partial charge in [-0.2, -0.15) is 0 Å². The van der Waals surface area contributed by atoms with E-state index in [0.717, 1.165) is 31.4 Å². The van der Waals surface area contributed by atoms with Gasteiger partial charge in [-0.1, -0.05) is 37.8 Å². The number of hydrogen-bond donors (Lipinski definition) is 0. The van der Waals surface area contributed by atoms with Crippen LogP contribution in [0.15, 0.2) is 17.2 Å². The normalized spacial score (nSPS) is 11.5. The zero-order valence-electron chi connectivity index (χ0n) is 10.5. The van der Waals surface area contributed by atoms with Crippen LogP contribution in [0.4, 0.5) is 5.69 Å². The maximum Gasteiger partial charge on any atom is 0.306 e. The Morgan fingerprint density at radius 1 is 1.32 bits per heavy atom. The zero-order valence-corrected chi connectivity index (χ0v) is 12.1. The van der Waals surface area contributed by atoms with Gasteiger partial charge in [0, 0.05) is 6.07 Å². The Bertz CT molecular complexity index is 560. The minimum Gasteiger partial charge on any atom is -0.258 e. The number of rotatable bonds is 7. The molecule has 106 valence electrons. The van der Waals surface area contributed by atoms with E-state index < -0.39 is 25.6 Å². The lowest BCUT2D eigenvalue weighted by atomic mass is 10.2. The fourth-order valence-electron chi connectivity index (χ4n) is 1.54. The second-order valence-electron chi connectivity index (χ2n) is 4.10. The second-order valence-corrected chi connectivity index (χ2v) is 6.51. The molecule has 0 spiro atoms. The minimum atomic E-state index is -3.52. The maximum absolute atomic E-state index is 11.9. The van der Waals surface area contributed by atoms with E-state index in [1.165, 1.54) is 0 Å². The Labute approximate surface area is 116 Å². The fraction of sp³-hybridized carbons (Fsp3) is 0.545. The lowest BCUT2D eigenvalue weighted by molar-refractivity contribution is -0.385. The first-order chi connectivity index (χ1) is 8.88. The van der Waals surface area contributed by atoms with E-state index in [2.05, 4.69) is 4.98 Å². The molecule has 0 saturated carbocycles. The number of hydrogen-bond acceptors (Lipinski definition) is 5. The van der Waals surface area contributed by atoms with Crippen LogP contribution in [-0.4, -0.2) is 24.1 Å². The Balaban J connectivity index is 2.84. The Morgan fingerprint density at radius 3 is 2.53 bits per heavy atom. The predicted molar refractivity (Wildman–Crippen MR) is 72.1 cm³/mol. The van der Waals surface area contributed by atoms with Crippen LogP contribution in [0.2, 0.25) is 5.15 Å². The van der Waals surface area contributed by atoms with Gasteiger partial charge in [-0.05, 0) is 12.5 Å². The monoisotopic (exact) mass is 306 g/mol. The van der Waals surface area contributed by atoms with Crippen molar-refractivity contribution in [2.75, 3.05) is 5.75 Å². The van der Waals surface area contributed by atoms with Gasteiger partial charge in [-0.25, -0.2) is 13.4 Å². The summed E-state index contributed by atoms with van der Waals surface area (Å²) in [5, 5.41) is 9.95. The summed E-state index contributed by atoms with van der Waals surface area (Å²) in [5.74, 6) is -0.0197. The van der Waals surface area contributed by atoms with Gasteiger partial charge in [0.25, 0.3) is 0 Å². The van der Waals surface area contributed by atoms with Crippen LogP contribution in [0.3, 0.4) is 0 Å². The van der Waals surface area contributed by atoms with Crippen molar-refractivity contribution in [1.29, 1.82) is 0 Å². The summed E-state index contributed by atoms with van der Waals surface area (Å²) in [7, 11) is -3.52. The molecule has 1 rings (SSSR count). The second kappa shape index (κ2) is 6.81. The summed E-state index contributed by atoms with van der Waals surface area (Å²) in [6.07, 6.45) is 3.37. The van der Waals surface area contributed by atoms with E-state index in [-0.39, 0.29) is 10.8 Å². The molecular formula is C11H15ClN2O4S. The third kappa shape index (κ3) is 4.43. The van der Waals surface area contributed by atoms with Gasteiger partial charge in [-0.15, -0.1) is 0 Å². The van der Waals surface area contributed by atoms with Gasteiger partial charge in [0.1, 0.15) is 0 Å². The van der Waals surface area contributed by atoms with Crippen molar-refractivity contribution >= 4 is 27.1 Å². The topological polar surface area (TPSA) is 90.2 Å². The quantitative estimate of drug-likeness (QED) is 0.334. The van der Waals surface area contributed by atoms with Crippen LogP contribution >= 0.6 is 11.6 Å². The van der Waals surface area contributed by atoms with E-state index in [1.54, 1.807) is 0 Å². The smallest absolute Gasteiger partial charge is 0.258 e. The lowest BCUT2D eigenvalue weighted by Crippen LogP contribution is -2.09. The van der Waals surface area contributed by atoms with E-state index in [4.69, 9.17) is 11.6 Å². The van der Waals surface area contributed by atoms with E-state index in [0.29, 0.717) is 6.42 Å². The number of nitro groups is 1. The molecule has 8 heteroatoms. The first kappa shape index (κ1) is 15.8. The van der Waals surface area contributed by atoms with Gasteiger partial charge in [0.05, 0.1) is 10.7 Å². The van der Waals surface area contributed by atoms with Crippen molar-refractivity contribution in [2.45, 2.75) is 37.6 Å². The van der Waals surface area contributed by atoms with Crippen LogP contribution in [0, 0.1) is 10.1 Å². The highest BCUT2D eigenvalue weighted by Crippen LogP contribution is 2.24. The van der Waals surface area contributed by atoms with Crippen molar-refractivity contribution in [3.8, 4) is 0 Å². The Kier molecular flexibility index (Phi) is 5.68. The van der Waals surface area contributed by atoms with Crippen LogP contribution < -0.4 is 0 Å². The average Bonchev–Trinajstić information content (AvgIpc) is 2.34. The van der Waals surface area contributed by atoms with E-state index in [1.807, 2.05) is 6.92 Å². The third-order valence-electron chi connectivity index (χ3n) is 2.59. The largest absolute Gasteiger partial charge is 0.306 e. The molecule has 0 bridgehead atoms. The molecule has 19 heavy (non-hydrogen) atoms. The van der Waals surface area contributed by atoms with Crippen molar-refractivity contribution in [3.05, 3.63) is 27.4 Å². The molecule has 0 aromatic carbocycles. The van der Waals surface area contributed by atoms with Gasteiger partial charge in [0.2, 0.25) is 5.15 Å². The Hall–Kier alpha value is -1.21. The SMILES string of the molecule is CCCCCCS(=O)(=O)c1ccc([N+](=O)[O-])c(Cl)n1. The molecule has 0 fully saturated rings. The summed E-state index contributed by atoms with van der Waals surface area (Å²) in [5.41, 5.74) is -0.397. The molecule has 0 radical (unpaired) electrons. The lowest BCUT2D eigenvalue weighted by Gasteiger charge is -2.04. The molecule has 0 aliphatic rings. The summed E-state index contributed by atoms with van der Waals surface area (Å²) >= 11 is 5.60. The van der Waals surface area contributed by atoms with Crippen molar-refractivity contribution in [2.24, 2.45) is 0 Å². The van der Waals surface area contributed by atoms with Crippen molar-refractivity contribution < 1.29 is 13.3 Å². The molecule has 1 aromatic rings. The molecule has 0 atom stereocenters. The summed E-state index contributed by atoms with van der Waals surface area (Å²) in [4.78, 5) is 13.5. The molecule has 0 N–H and O–H groups in total. The van der Waals surface area contributed by atoms with Crippen LogP contribution in [0.1, 0.15) is 32.6 Å². The minimum absolute atomic E-state index is 0.0197. The number of aromatic nitrogens is 1. The van der Waals surface area contributed by atoms with Gasteiger partial charge in [0.15, 0.2) is 14.9 Å². The van der Waals surface area contributed by atoms with Gasteiger partial charge < -0.3 is 0 Å². The highest BCUT2D eigenvalue weighted by molar-refractivity contribution is 7.91. The maximum atomic E-state index is 11.9. The summed E-state index contributed by atoms with van der Waals surface area (Å²) < 4.78 is 23.9. The highest BCUT2D eigenvalue weighted by atomic mass is 35.5. The number of halogens is 1. The van der Waals surface area contributed by atoms with Crippen LogP contribution in [0.5, 0.6) is 0 Å². The number of pyridine rings is 1. The Morgan fingerprint density at radius 2 is 2.00 bits per heavy atom. The zero-order chi connectivity index (χ0) is 14.5. The predicted octanol–water partition coefficient (Wildman–Crippen LogP) is 3.00. The molecular weight excluding hydrogens is 292 g/mol. The molecule has 0 amide bonds. The van der Waals surface area contributed by atoms with Crippen LogP contribution in [-0.2, 0) is 9.84 Å². The fourth-order valence-corrected chi connectivity index (χ4v) is 3.12. The number of nitrogens with zero attached hydrogens (tertiary/aromatic N) is 2. The molecule has 1 aromatic heterocycles. The highest BCUT2D eigenvalue weighted by Gasteiger charge is 2.21. The first-order valence-corrected chi connectivity index (χ1v) is 7.95. The van der Waals surface area contributed by atoms with E-state index >= 15 is 0 Å². The molecule has 0 aliphatic carbocycles. The average molecular weight is 307 g/mol. The molecule has 6 nitrogen and oxygen atoms in total. The van der Waals surface area contributed by atoms with Crippen molar-refractivity contribution in [3.63, 3.8) is 0 Å².